The minimum absolute atomic E-state index is 0.0800. The Balaban J connectivity index is 1.61. The third-order valence-corrected chi connectivity index (χ3v) is 5.77. The lowest BCUT2D eigenvalue weighted by molar-refractivity contribution is -0.137. The molecular formula is C24H28N4O2. The normalized spacial score (nSPS) is 21.9. The Morgan fingerprint density at radius 2 is 1.20 bits per heavy atom. The molecule has 1 fully saturated rings. The van der Waals surface area contributed by atoms with Crippen molar-refractivity contribution in [3.63, 3.8) is 0 Å². The van der Waals surface area contributed by atoms with Crippen LogP contribution in [0, 0.1) is 10.8 Å². The van der Waals surface area contributed by atoms with Crippen LogP contribution in [0.25, 0.3) is 12.2 Å². The van der Waals surface area contributed by atoms with Gasteiger partial charge in [-0.25, -0.2) is 0 Å². The zero-order valence-electron chi connectivity index (χ0n) is 17.8. The zero-order chi connectivity index (χ0) is 21.8. The van der Waals surface area contributed by atoms with E-state index in [1.165, 1.54) is 12.2 Å². The van der Waals surface area contributed by atoms with Crippen molar-refractivity contribution in [2.24, 2.45) is 10.8 Å². The lowest BCUT2D eigenvalue weighted by Crippen LogP contribution is -2.77. The molecule has 3 rings (SSSR count). The number of pyridine rings is 2. The molecule has 2 amide bonds. The van der Waals surface area contributed by atoms with E-state index < -0.39 is 0 Å². The van der Waals surface area contributed by atoms with Crippen LogP contribution in [0.4, 0.5) is 0 Å². The van der Waals surface area contributed by atoms with Crippen LogP contribution < -0.4 is 10.6 Å². The van der Waals surface area contributed by atoms with Gasteiger partial charge in [-0.15, -0.1) is 0 Å². The Labute approximate surface area is 177 Å². The molecule has 156 valence electrons. The molecule has 1 saturated carbocycles. The molecule has 0 spiro atoms. The fraction of sp³-hybridized carbons (Fsp3) is 0.333. The Kier molecular flexibility index (Phi) is 6.15. The standard InChI is InChI=1S/C24H28N4O2/c1-23(2)21(27-19(29)11-9-17-7-5-13-25-15-17)24(3,4)22(23)28-20(30)12-10-18-8-6-14-26-16-18/h5-16,21-22H,1-4H3,(H,27,29)(H,28,30)/b11-9-,12-10-. The average molecular weight is 405 g/mol. The molecule has 2 N–H and O–H groups in total. The van der Waals surface area contributed by atoms with E-state index >= 15 is 0 Å². The summed E-state index contributed by atoms with van der Waals surface area (Å²) in [5.41, 5.74) is 1.15. The zero-order valence-corrected chi connectivity index (χ0v) is 17.8. The maximum absolute atomic E-state index is 12.5. The molecule has 1 aliphatic carbocycles. The Hall–Kier alpha value is -3.28. The summed E-state index contributed by atoms with van der Waals surface area (Å²) in [6.07, 6.45) is 13.3. The summed E-state index contributed by atoms with van der Waals surface area (Å²) in [5, 5.41) is 6.21. The summed E-state index contributed by atoms with van der Waals surface area (Å²) < 4.78 is 0. The van der Waals surface area contributed by atoms with Crippen molar-refractivity contribution < 1.29 is 9.59 Å². The first-order chi connectivity index (χ1) is 14.2. The van der Waals surface area contributed by atoms with Crippen molar-refractivity contribution in [1.82, 2.24) is 20.6 Å². The summed E-state index contributed by atoms with van der Waals surface area (Å²) in [5.74, 6) is -0.322. The smallest absolute Gasteiger partial charge is 0.244 e. The minimum Gasteiger partial charge on any atom is -0.349 e. The maximum atomic E-state index is 12.5. The molecule has 6 heteroatoms. The minimum atomic E-state index is -0.293. The number of rotatable bonds is 6. The van der Waals surface area contributed by atoms with E-state index in [2.05, 4.69) is 48.3 Å². The Morgan fingerprint density at radius 1 is 0.800 bits per heavy atom. The van der Waals surface area contributed by atoms with E-state index in [-0.39, 0.29) is 34.7 Å². The quantitative estimate of drug-likeness (QED) is 0.724. The van der Waals surface area contributed by atoms with Crippen LogP contribution in [0.3, 0.4) is 0 Å². The molecule has 0 unspecified atom stereocenters. The van der Waals surface area contributed by atoms with Crippen molar-refractivity contribution in [2.75, 3.05) is 0 Å². The van der Waals surface area contributed by atoms with Gasteiger partial charge in [0, 0.05) is 59.9 Å². The molecule has 2 heterocycles. The molecule has 0 atom stereocenters. The molecule has 2 aromatic heterocycles. The van der Waals surface area contributed by atoms with Crippen LogP contribution in [0.1, 0.15) is 38.8 Å². The highest BCUT2D eigenvalue weighted by Gasteiger charge is 2.62. The van der Waals surface area contributed by atoms with Crippen LogP contribution in [-0.2, 0) is 9.59 Å². The first-order valence-electron chi connectivity index (χ1n) is 9.98. The summed E-state index contributed by atoms with van der Waals surface area (Å²) in [4.78, 5) is 33.0. The Bertz CT molecular complexity index is 858. The van der Waals surface area contributed by atoms with E-state index in [0.29, 0.717) is 0 Å². The van der Waals surface area contributed by atoms with Crippen molar-refractivity contribution in [3.8, 4) is 0 Å². The lowest BCUT2D eigenvalue weighted by atomic mass is 9.48. The molecule has 0 radical (unpaired) electrons. The van der Waals surface area contributed by atoms with Crippen molar-refractivity contribution in [3.05, 3.63) is 72.3 Å². The number of amides is 2. The number of carbonyl (C=O) groups is 2. The molecule has 30 heavy (non-hydrogen) atoms. The van der Waals surface area contributed by atoms with E-state index in [4.69, 9.17) is 0 Å². The molecule has 2 aromatic rings. The van der Waals surface area contributed by atoms with Gasteiger partial charge in [0.05, 0.1) is 0 Å². The first-order valence-corrected chi connectivity index (χ1v) is 9.98. The highest BCUT2D eigenvalue weighted by atomic mass is 16.2. The Morgan fingerprint density at radius 3 is 1.53 bits per heavy atom. The monoisotopic (exact) mass is 404 g/mol. The van der Waals surface area contributed by atoms with Crippen molar-refractivity contribution in [1.29, 1.82) is 0 Å². The van der Waals surface area contributed by atoms with Gasteiger partial charge in [-0.2, -0.15) is 0 Å². The second kappa shape index (κ2) is 8.61. The number of hydrogen-bond acceptors (Lipinski definition) is 4. The molecule has 1 aliphatic rings. The fourth-order valence-corrected chi connectivity index (χ4v) is 4.57. The molecule has 0 aliphatic heterocycles. The van der Waals surface area contributed by atoms with Gasteiger partial charge in [0.1, 0.15) is 0 Å². The molecule has 6 nitrogen and oxygen atoms in total. The van der Waals surface area contributed by atoms with Crippen molar-refractivity contribution >= 4 is 24.0 Å². The fourth-order valence-electron chi connectivity index (χ4n) is 4.57. The number of nitrogens with zero attached hydrogens (tertiary/aromatic N) is 2. The van der Waals surface area contributed by atoms with Gasteiger partial charge in [0.25, 0.3) is 0 Å². The van der Waals surface area contributed by atoms with E-state index in [0.717, 1.165) is 11.1 Å². The summed E-state index contributed by atoms with van der Waals surface area (Å²) in [6.45, 7) is 8.24. The summed E-state index contributed by atoms with van der Waals surface area (Å²) in [7, 11) is 0. The van der Waals surface area contributed by atoms with Gasteiger partial charge in [-0.1, -0.05) is 39.8 Å². The lowest BCUT2D eigenvalue weighted by Gasteiger charge is -2.64. The topological polar surface area (TPSA) is 84.0 Å². The third kappa shape index (κ3) is 4.64. The molecule has 0 bridgehead atoms. The van der Waals surface area contributed by atoms with Gasteiger partial charge in [0.2, 0.25) is 11.8 Å². The molecule has 0 saturated heterocycles. The van der Waals surface area contributed by atoms with E-state index in [1.54, 1.807) is 36.9 Å². The molecular weight excluding hydrogens is 376 g/mol. The third-order valence-electron chi connectivity index (χ3n) is 5.77. The van der Waals surface area contributed by atoms with Crippen LogP contribution >= 0.6 is 0 Å². The van der Waals surface area contributed by atoms with Gasteiger partial charge in [0.15, 0.2) is 0 Å². The highest BCUT2D eigenvalue weighted by molar-refractivity contribution is 5.93. The predicted octanol–water partition coefficient (Wildman–Crippen LogP) is 3.24. The number of nitrogens with one attached hydrogen (secondary N) is 2. The van der Waals surface area contributed by atoms with Crippen LogP contribution in [0.15, 0.2) is 61.2 Å². The van der Waals surface area contributed by atoms with Crippen LogP contribution in [0.2, 0.25) is 0 Å². The van der Waals surface area contributed by atoms with Gasteiger partial charge < -0.3 is 10.6 Å². The number of aromatic nitrogens is 2. The highest BCUT2D eigenvalue weighted by Crippen LogP contribution is 2.53. The predicted molar refractivity (Wildman–Crippen MR) is 118 cm³/mol. The summed E-state index contributed by atoms with van der Waals surface area (Å²) >= 11 is 0. The van der Waals surface area contributed by atoms with Crippen molar-refractivity contribution in [2.45, 2.75) is 39.8 Å². The van der Waals surface area contributed by atoms with Gasteiger partial charge >= 0.3 is 0 Å². The number of hydrogen-bond donors (Lipinski definition) is 2. The summed E-state index contributed by atoms with van der Waals surface area (Å²) in [6, 6.07) is 7.27. The SMILES string of the molecule is CC1(C)C(NC(=O)/C=C\c2cccnc2)C(C)(C)C1NC(=O)/C=C\c1cccnc1. The van der Waals surface area contributed by atoms with E-state index in [1.807, 2.05) is 24.3 Å². The van der Waals surface area contributed by atoms with Gasteiger partial charge in [-0.05, 0) is 35.4 Å². The molecule has 0 aromatic carbocycles. The van der Waals surface area contributed by atoms with E-state index in [9.17, 15) is 9.59 Å². The number of carbonyl (C=O) groups excluding carboxylic acids is 2. The second-order valence-electron chi connectivity index (χ2n) is 8.77. The second-order valence-corrected chi connectivity index (χ2v) is 8.77. The largest absolute Gasteiger partial charge is 0.349 e. The average Bonchev–Trinajstić information content (AvgIpc) is 2.74. The van der Waals surface area contributed by atoms with Crippen LogP contribution in [0.5, 0.6) is 0 Å². The van der Waals surface area contributed by atoms with Gasteiger partial charge in [-0.3, -0.25) is 19.6 Å². The first kappa shape index (κ1) is 21.4. The van der Waals surface area contributed by atoms with Crippen LogP contribution in [-0.4, -0.2) is 33.9 Å². The maximum Gasteiger partial charge on any atom is 0.244 e.